The van der Waals surface area contributed by atoms with E-state index in [9.17, 15) is 4.79 Å². The molecule has 1 aliphatic heterocycles. The summed E-state index contributed by atoms with van der Waals surface area (Å²) in [6.45, 7) is 12.0. The molecule has 0 saturated carbocycles. The summed E-state index contributed by atoms with van der Waals surface area (Å²) in [7, 11) is 0. The van der Waals surface area contributed by atoms with Crippen LogP contribution in [0.5, 0.6) is 0 Å². The fourth-order valence-electron chi connectivity index (χ4n) is 3.82. The zero-order valence-corrected chi connectivity index (χ0v) is 13.5. The third kappa shape index (κ3) is 2.92. The van der Waals surface area contributed by atoms with E-state index in [2.05, 4.69) is 50.6 Å². The maximum atomic E-state index is 11.7. The molecule has 1 fully saturated rings. The van der Waals surface area contributed by atoms with Gasteiger partial charge in [0, 0.05) is 29.9 Å². The maximum Gasteiger partial charge on any atom is 0.220 e. The summed E-state index contributed by atoms with van der Waals surface area (Å²) >= 11 is 0. The van der Waals surface area contributed by atoms with Crippen molar-refractivity contribution < 1.29 is 4.79 Å². The summed E-state index contributed by atoms with van der Waals surface area (Å²) in [5, 5.41) is 3.27. The Hall–Kier alpha value is -1.25. The molecule has 1 saturated heterocycles. The van der Waals surface area contributed by atoms with E-state index < -0.39 is 0 Å². The average molecular weight is 276 g/mol. The number of carbonyl (C=O) groups excluding carboxylic acids is 1. The molecular formula is C17H28N2O. The van der Waals surface area contributed by atoms with Crippen molar-refractivity contribution in [1.29, 1.82) is 0 Å². The first-order chi connectivity index (χ1) is 9.37. The quantitative estimate of drug-likeness (QED) is 0.879. The second-order valence-electron chi connectivity index (χ2n) is 6.74. The van der Waals surface area contributed by atoms with Crippen LogP contribution < -0.4 is 5.32 Å². The molecule has 3 heteroatoms. The van der Waals surface area contributed by atoms with Crippen LogP contribution in [0.4, 0.5) is 0 Å². The number of carbonyl (C=O) groups is 1. The molecule has 0 aliphatic carbocycles. The Labute approximate surface area is 122 Å². The van der Waals surface area contributed by atoms with Gasteiger partial charge in [-0.1, -0.05) is 13.8 Å². The first-order valence-electron chi connectivity index (χ1n) is 7.83. The lowest BCUT2D eigenvalue weighted by molar-refractivity contribution is -0.119. The fourth-order valence-corrected chi connectivity index (χ4v) is 3.82. The van der Waals surface area contributed by atoms with E-state index in [1.165, 1.54) is 17.0 Å². The van der Waals surface area contributed by atoms with E-state index in [0.29, 0.717) is 12.3 Å². The minimum absolute atomic E-state index is 0.0254. The Balaban J connectivity index is 2.27. The van der Waals surface area contributed by atoms with E-state index in [1.54, 1.807) is 0 Å². The van der Waals surface area contributed by atoms with E-state index in [-0.39, 0.29) is 11.4 Å². The van der Waals surface area contributed by atoms with Crippen molar-refractivity contribution in [2.45, 2.75) is 72.4 Å². The van der Waals surface area contributed by atoms with Crippen LogP contribution in [0.2, 0.25) is 0 Å². The SMILES string of the molecule is CCn1c(C)cc(CC2(CC(C)C)CCC(=O)N2)c1C. The normalized spacial score (nSPS) is 22.6. The van der Waals surface area contributed by atoms with Crippen LogP contribution in [0.3, 0.4) is 0 Å². The summed E-state index contributed by atoms with van der Waals surface area (Å²) in [6.07, 6.45) is 3.68. The second kappa shape index (κ2) is 5.63. The maximum absolute atomic E-state index is 11.7. The molecule has 0 bridgehead atoms. The van der Waals surface area contributed by atoms with Gasteiger partial charge in [0.25, 0.3) is 0 Å². The van der Waals surface area contributed by atoms with Gasteiger partial charge < -0.3 is 9.88 Å². The van der Waals surface area contributed by atoms with Crippen LogP contribution in [0.25, 0.3) is 0 Å². The van der Waals surface area contributed by atoms with Gasteiger partial charge in [-0.3, -0.25) is 4.79 Å². The highest BCUT2D eigenvalue weighted by Gasteiger charge is 2.38. The molecule has 1 aliphatic rings. The number of rotatable bonds is 5. The number of nitrogens with zero attached hydrogens (tertiary/aromatic N) is 1. The highest BCUT2D eigenvalue weighted by molar-refractivity contribution is 5.79. The molecule has 112 valence electrons. The molecule has 0 radical (unpaired) electrons. The van der Waals surface area contributed by atoms with Crippen molar-refractivity contribution in [3.05, 3.63) is 23.0 Å². The van der Waals surface area contributed by atoms with Gasteiger partial charge >= 0.3 is 0 Å². The Morgan fingerprint density at radius 2 is 2.10 bits per heavy atom. The van der Waals surface area contributed by atoms with Crippen molar-refractivity contribution in [1.82, 2.24) is 9.88 Å². The number of amides is 1. The van der Waals surface area contributed by atoms with Gasteiger partial charge in [0.15, 0.2) is 0 Å². The summed E-state index contributed by atoms with van der Waals surface area (Å²) < 4.78 is 2.36. The zero-order chi connectivity index (χ0) is 14.9. The van der Waals surface area contributed by atoms with Gasteiger partial charge in [-0.05, 0) is 57.6 Å². The summed E-state index contributed by atoms with van der Waals surface area (Å²) in [6, 6.07) is 2.30. The largest absolute Gasteiger partial charge is 0.350 e. The molecule has 1 aromatic heterocycles. The molecule has 3 nitrogen and oxygen atoms in total. The molecule has 1 N–H and O–H groups in total. The van der Waals surface area contributed by atoms with Crippen molar-refractivity contribution >= 4 is 5.91 Å². The van der Waals surface area contributed by atoms with Crippen LogP contribution in [0.1, 0.15) is 57.0 Å². The van der Waals surface area contributed by atoms with Crippen LogP contribution in [-0.4, -0.2) is 16.0 Å². The predicted octanol–water partition coefficient (Wildman–Crippen LogP) is 3.36. The van der Waals surface area contributed by atoms with Gasteiger partial charge in [0.2, 0.25) is 5.91 Å². The third-order valence-electron chi connectivity index (χ3n) is 4.56. The second-order valence-corrected chi connectivity index (χ2v) is 6.74. The van der Waals surface area contributed by atoms with Crippen molar-refractivity contribution in [2.75, 3.05) is 0 Å². The molecule has 1 amide bonds. The first kappa shape index (κ1) is 15.1. The Kier molecular flexibility index (Phi) is 4.26. The summed E-state index contributed by atoms with van der Waals surface area (Å²) in [4.78, 5) is 11.7. The molecule has 0 aromatic carbocycles. The predicted molar refractivity (Wildman–Crippen MR) is 82.8 cm³/mol. The zero-order valence-electron chi connectivity index (χ0n) is 13.5. The summed E-state index contributed by atoms with van der Waals surface area (Å²) in [5.74, 6) is 0.818. The molecule has 1 aromatic rings. The minimum atomic E-state index is -0.0254. The summed E-state index contributed by atoms with van der Waals surface area (Å²) in [5.41, 5.74) is 4.05. The van der Waals surface area contributed by atoms with Gasteiger partial charge in [0.05, 0.1) is 0 Å². The molecule has 1 unspecified atom stereocenters. The van der Waals surface area contributed by atoms with Crippen LogP contribution >= 0.6 is 0 Å². The van der Waals surface area contributed by atoms with Crippen molar-refractivity contribution in [3.63, 3.8) is 0 Å². The Morgan fingerprint density at radius 1 is 1.40 bits per heavy atom. The topological polar surface area (TPSA) is 34.0 Å². The van der Waals surface area contributed by atoms with Gasteiger partial charge in [-0.2, -0.15) is 0 Å². The molecule has 2 heterocycles. The average Bonchev–Trinajstić information content (AvgIpc) is 2.81. The van der Waals surface area contributed by atoms with Crippen LogP contribution in [0.15, 0.2) is 6.07 Å². The molecule has 1 atom stereocenters. The minimum Gasteiger partial charge on any atom is -0.350 e. The number of hydrogen-bond donors (Lipinski definition) is 1. The van der Waals surface area contributed by atoms with E-state index in [1.807, 2.05) is 0 Å². The Bertz CT molecular complexity index is 501. The van der Waals surface area contributed by atoms with Crippen LogP contribution in [0, 0.1) is 19.8 Å². The fraction of sp³-hybridized carbons (Fsp3) is 0.706. The molecule has 20 heavy (non-hydrogen) atoms. The lowest BCUT2D eigenvalue weighted by Gasteiger charge is -2.31. The van der Waals surface area contributed by atoms with E-state index in [4.69, 9.17) is 0 Å². The number of nitrogens with one attached hydrogen (secondary N) is 1. The smallest absolute Gasteiger partial charge is 0.220 e. The molecule has 0 spiro atoms. The van der Waals surface area contributed by atoms with Crippen molar-refractivity contribution in [2.24, 2.45) is 5.92 Å². The van der Waals surface area contributed by atoms with Gasteiger partial charge in [0.1, 0.15) is 0 Å². The molecule has 2 rings (SSSR count). The monoisotopic (exact) mass is 276 g/mol. The van der Waals surface area contributed by atoms with E-state index in [0.717, 1.165) is 25.8 Å². The lowest BCUT2D eigenvalue weighted by Crippen LogP contribution is -2.44. The Morgan fingerprint density at radius 3 is 2.55 bits per heavy atom. The number of hydrogen-bond acceptors (Lipinski definition) is 1. The van der Waals surface area contributed by atoms with Gasteiger partial charge in [-0.15, -0.1) is 0 Å². The van der Waals surface area contributed by atoms with E-state index >= 15 is 0 Å². The van der Waals surface area contributed by atoms with Crippen molar-refractivity contribution in [3.8, 4) is 0 Å². The van der Waals surface area contributed by atoms with Crippen LogP contribution in [-0.2, 0) is 17.8 Å². The van der Waals surface area contributed by atoms with Gasteiger partial charge in [-0.25, -0.2) is 0 Å². The molecular weight excluding hydrogens is 248 g/mol. The number of aromatic nitrogens is 1. The first-order valence-corrected chi connectivity index (χ1v) is 7.83. The highest BCUT2D eigenvalue weighted by Crippen LogP contribution is 2.32. The standard InChI is InChI=1S/C17H28N2O/c1-6-19-13(4)9-15(14(19)5)11-17(10-12(2)3)8-7-16(20)18-17/h9,12H,6-8,10-11H2,1-5H3,(H,18,20). The highest BCUT2D eigenvalue weighted by atomic mass is 16.2. The third-order valence-corrected chi connectivity index (χ3v) is 4.56. The number of aryl methyl sites for hydroxylation is 1. The lowest BCUT2D eigenvalue weighted by atomic mass is 9.82.